The number of rotatable bonds is 7. The van der Waals surface area contributed by atoms with E-state index in [-0.39, 0.29) is 10.6 Å². The summed E-state index contributed by atoms with van der Waals surface area (Å²) in [7, 11) is 0. The second kappa shape index (κ2) is 8.41. The first-order valence-electron chi connectivity index (χ1n) is 8.69. The Hall–Kier alpha value is -2.71. The van der Waals surface area contributed by atoms with E-state index in [0.29, 0.717) is 18.2 Å². The Balaban J connectivity index is 1.69. The summed E-state index contributed by atoms with van der Waals surface area (Å²) in [5, 5.41) is 14.7. The molecule has 2 aromatic rings. The topological polar surface area (TPSA) is 102 Å². The average molecular weight is 345 g/mol. The first kappa shape index (κ1) is 17.1. The minimum Gasteiger partial charge on any atom is -0.364 e. The summed E-state index contributed by atoms with van der Waals surface area (Å²) in [6, 6.07) is 0. The molecule has 0 unspecified atom stereocenters. The second-order valence-corrected chi connectivity index (χ2v) is 6.13. The number of aryl methyl sites for hydroxylation is 1. The standard InChI is InChI=1S/C16H23N7O2/c24-23(25)14-15(18-6-5-8-21-11-7-17-13-21)19-12-20-16(14)22-9-3-1-2-4-10-22/h7,11-13H,1-6,8-10H2,(H,18,19,20). The molecule has 9 nitrogen and oxygen atoms in total. The molecule has 0 radical (unpaired) electrons. The Morgan fingerprint density at radius 3 is 2.68 bits per heavy atom. The number of hydrogen-bond acceptors (Lipinski definition) is 7. The van der Waals surface area contributed by atoms with Crippen LogP contribution in [0.2, 0.25) is 0 Å². The maximum Gasteiger partial charge on any atom is 0.353 e. The third-order valence-corrected chi connectivity index (χ3v) is 4.34. The molecule has 9 heteroatoms. The second-order valence-electron chi connectivity index (χ2n) is 6.13. The molecule has 0 bridgehead atoms. The van der Waals surface area contributed by atoms with Crippen molar-refractivity contribution in [1.82, 2.24) is 19.5 Å². The summed E-state index contributed by atoms with van der Waals surface area (Å²) in [4.78, 5) is 25.6. The Bertz CT molecular complexity index is 682. The lowest BCUT2D eigenvalue weighted by Gasteiger charge is -2.21. The van der Waals surface area contributed by atoms with Crippen molar-refractivity contribution in [1.29, 1.82) is 0 Å². The summed E-state index contributed by atoms with van der Waals surface area (Å²) < 4.78 is 1.97. The van der Waals surface area contributed by atoms with Gasteiger partial charge < -0.3 is 14.8 Å². The van der Waals surface area contributed by atoms with Gasteiger partial charge in [-0.05, 0) is 19.3 Å². The molecule has 1 aliphatic rings. The van der Waals surface area contributed by atoms with E-state index in [2.05, 4.69) is 20.3 Å². The fraction of sp³-hybridized carbons (Fsp3) is 0.562. The molecule has 0 atom stereocenters. The van der Waals surface area contributed by atoms with Gasteiger partial charge in [0.2, 0.25) is 11.6 Å². The summed E-state index contributed by atoms with van der Waals surface area (Å²) in [6.07, 6.45) is 12.0. The van der Waals surface area contributed by atoms with E-state index < -0.39 is 0 Å². The molecular formula is C16H23N7O2. The van der Waals surface area contributed by atoms with Crippen molar-refractivity contribution in [3.05, 3.63) is 35.2 Å². The van der Waals surface area contributed by atoms with Crippen LogP contribution in [0.5, 0.6) is 0 Å². The number of nitrogens with zero attached hydrogens (tertiary/aromatic N) is 6. The van der Waals surface area contributed by atoms with Gasteiger partial charge in [-0.15, -0.1) is 0 Å². The molecule has 1 N–H and O–H groups in total. The maximum absolute atomic E-state index is 11.6. The fourth-order valence-corrected chi connectivity index (χ4v) is 3.07. The van der Waals surface area contributed by atoms with Crippen molar-refractivity contribution in [3.63, 3.8) is 0 Å². The highest BCUT2D eigenvalue weighted by atomic mass is 16.6. The Labute approximate surface area is 146 Å². The van der Waals surface area contributed by atoms with Gasteiger partial charge in [-0.1, -0.05) is 12.8 Å². The highest BCUT2D eigenvalue weighted by Gasteiger charge is 2.27. The molecule has 1 aliphatic heterocycles. The van der Waals surface area contributed by atoms with Crippen LogP contribution in [0.4, 0.5) is 17.3 Å². The Kier molecular flexibility index (Phi) is 5.76. The van der Waals surface area contributed by atoms with E-state index in [9.17, 15) is 10.1 Å². The van der Waals surface area contributed by atoms with Crippen molar-refractivity contribution < 1.29 is 4.92 Å². The van der Waals surface area contributed by atoms with Crippen molar-refractivity contribution in [2.45, 2.75) is 38.6 Å². The van der Waals surface area contributed by atoms with E-state index in [1.807, 2.05) is 15.7 Å². The van der Waals surface area contributed by atoms with Gasteiger partial charge in [0, 0.05) is 38.6 Å². The highest BCUT2D eigenvalue weighted by Crippen LogP contribution is 2.32. The summed E-state index contributed by atoms with van der Waals surface area (Å²) in [5.41, 5.74) is -0.0213. The molecule has 0 saturated carbocycles. The first-order chi connectivity index (χ1) is 12.3. The van der Waals surface area contributed by atoms with E-state index in [1.165, 1.54) is 6.33 Å². The van der Waals surface area contributed by atoms with Gasteiger partial charge in [0.25, 0.3) is 0 Å². The van der Waals surface area contributed by atoms with Gasteiger partial charge in [0.05, 0.1) is 11.3 Å². The van der Waals surface area contributed by atoms with Crippen LogP contribution < -0.4 is 10.2 Å². The monoisotopic (exact) mass is 345 g/mol. The normalized spacial score (nSPS) is 15.0. The van der Waals surface area contributed by atoms with Crippen LogP contribution in [0.25, 0.3) is 0 Å². The molecule has 1 fully saturated rings. The minimum absolute atomic E-state index is 0.0213. The number of nitro groups is 1. The zero-order chi connectivity index (χ0) is 17.5. The van der Waals surface area contributed by atoms with Crippen molar-refractivity contribution >= 4 is 17.3 Å². The summed E-state index contributed by atoms with van der Waals surface area (Å²) >= 11 is 0. The quantitative estimate of drug-likeness (QED) is 0.467. The lowest BCUT2D eigenvalue weighted by atomic mass is 10.2. The van der Waals surface area contributed by atoms with Crippen LogP contribution in [0.1, 0.15) is 32.1 Å². The summed E-state index contributed by atoms with van der Waals surface area (Å²) in [5.74, 6) is 0.726. The SMILES string of the molecule is O=[N+]([O-])c1c(NCCCn2ccnc2)ncnc1N1CCCCCC1. The van der Waals surface area contributed by atoms with E-state index in [1.54, 1.807) is 12.5 Å². The van der Waals surface area contributed by atoms with Crippen molar-refractivity contribution in [3.8, 4) is 0 Å². The van der Waals surface area contributed by atoms with Gasteiger partial charge >= 0.3 is 5.69 Å². The van der Waals surface area contributed by atoms with Crippen molar-refractivity contribution in [2.75, 3.05) is 29.9 Å². The molecule has 1 saturated heterocycles. The number of anilines is 2. The molecule has 0 aromatic carbocycles. The fourth-order valence-electron chi connectivity index (χ4n) is 3.07. The smallest absolute Gasteiger partial charge is 0.353 e. The molecular weight excluding hydrogens is 322 g/mol. The Morgan fingerprint density at radius 1 is 1.20 bits per heavy atom. The first-order valence-corrected chi connectivity index (χ1v) is 8.69. The predicted octanol–water partition coefficient (Wildman–Crippen LogP) is 2.46. The highest BCUT2D eigenvalue weighted by molar-refractivity contribution is 5.70. The predicted molar refractivity (Wildman–Crippen MR) is 94.7 cm³/mol. The third kappa shape index (κ3) is 4.43. The minimum atomic E-state index is -0.377. The number of hydrogen-bond donors (Lipinski definition) is 1. The molecule has 0 aliphatic carbocycles. The third-order valence-electron chi connectivity index (χ3n) is 4.34. The molecule has 2 aromatic heterocycles. The number of imidazole rings is 1. The van der Waals surface area contributed by atoms with Crippen LogP contribution >= 0.6 is 0 Å². The van der Waals surface area contributed by atoms with E-state index in [0.717, 1.165) is 51.7 Å². The van der Waals surface area contributed by atoms with Gasteiger partial charge in [-0.25, -0.2) is 15.0 Å². The van der Waals surface area contributed by atoms with Crippen LogP contribution in [0.3, 0.4) is 0 Å². The molecule has 0 amide bonds. The number of aromatic nitrogens is 4. The van der Waals surface area contributed by atoms with Crippen LogP contribution in [0.15, 0.2) is 25.0 Å². The molecule has 25 heavy (non-hydrogen) atoms. The lowest BCUT2D eigenvalue weighted by molar-refractivity contribution is -0.383. The van der Waals surface area contributed by atoms with E-state index >= 15 is 0 Å². The van der Waals surface area contributed by atoms with Gasteiger partial charge in [-0.2, -0.15) is 0 Å². The summed E-state index contributed by atoms with van der Waals surface area (Å²) in [6.45, 7) is 3.00. The zero-order valence-electron chi connectivity index (χ0n) is 14.2. The van der Waals surface area contributed by atoms with Crippen molar-refractivity contribution in [2.24, 2.45) is 0 Å². The average Bonchev–Trinajstić information content (AvgIpc) is 2.98. The number of nitrogens with one attached hydrogen (secondary N) is 1. The maximum atomic E-state index is 11.6. The largest absolute Gasteiger partial charge is 0.364 e. The van der Waals surface area contributed by atoms with Gasteiger partial charge in [-0.3, -0.25) is 10.1 Å². The van der Waals surface area contributed by atoms with Gasteiger partial charge in [0.1, 0.15) is 6.33 Å². The lowest BCUT2D eigenvalue weighted by Crippen LogP contribution is -2.26. The Morgan fingerprint density at radius 2 is 2.00 bits per heavy atom. The van der Waals surface area contributed by atoms with E-state index in [4.69, 9.17) is 0 Å². The molecule has 3 rings (SSSR count). The van der Waals surface area contributed by atoms with Crippen LogP contribution in [-0.4, -0.2) is 44.1 Å². The van der Waals surface area contributed by atoms with Gasteiger partial charge in [0.15, 0.2) is 0 Å². The molecule has 0 spiro atoms. The molecule has 3 heterocycles. The molecule has 134 valence electrons. The van der Waals surface area contributed by atoms with Crippen LogP contribution in [-0.2, 0) is 6.54 Å². The zero-order valence-corrected chi connectivity index (χ0v) is 14.2. The van der Waals surface area contributed by atoms with Crippen LogP contribution in [0, 0.1) is 10.1 Å².